The average Bonchev–Trinajstić information content (AvgIpc) is 2.86. The molecule has 0 saturated heterocycles. The lowest BCUT2D eigenvalue weighted by atomic mass is 10.00. The molecule has 1 unspecified atom stereocenters. The number of amides is 1. The largest absolute Gasteiger partial charge is 0.345 e. The van der Waals surface area contributed by atoms with Gasteiger partial charge in [-0.25, -0.2) is 9.97 Å². The first-order valence-corrected chi connectivity index (χ1v) is 9.22. The van der Waals surface area contributed by atoms with Crippen molar-refractivity contribution >= 4 is 27.5 Å². The van der Waals surface area contributed by atoms with E-state index in [-0.39, 0.29) is 11.9 Å². The molecular weight excluding hydrogens is 330 g/mol. The summed E-state index contributed by atoms with van der Waals surface area (Å²) in [4.78, 5) is 23.4. The number of nitrogens with one attached hydrogen (secondary N) is 1. The van der Waals surface area contributed by atoms with Crippen molar-refractivity contribution in [2.24, 2.45) is 0 Å². The maximum absolute atomic E-state index is 12.9. The molecule has 0 fully saturated rings. The van der Waals surface area contributed by atoms with Crippen LogP contribution in [0.25, 0.3) is 10.2 Å². The molecule has 3 rings (SSSR count). The molecule has 25 heavy (non-hydrogen) atoms. The van der Waals surface area contributed by atoms with Crippen molar-refractivity contribution in [1.82, 2.24) is 15.3 Å². The van der Waals surface area contributed by atoms with E-state index in [4.69, 9.17) is 0 Å². The van der Waals surface area contributed by atoms with E-state index in [2.05, 4.69) is 47.3 Å². The Labute approximate surface area is 152 Å². The first-order valence-electron chi connectivity index (χ1n) is 8.40. The van der Waals surface area contributed by atoms with Gasteiger partial charge in [0.1, 0.15) is 10.7 Å². The molecule has 1 amide bonds. The fraction of sp³-hybridized carbons (Fsp3) is 0.350. The van der Waals surface area contributed by atoms with E-state index in [1.165, 1.54) is 22.5 Å². The fourth-order valence-electron chi connectivity index (χ4n) is 3.26. The SMILES string of the molecule is Cc1ccc(C)c(C(C)NC(=O)c2sc3nc(C)nc(C)c3c2C)c1. The summed E-state index contributed by atoms with van der Waals surface area (Å²) < 4.78 is 0. The summed E-state index contributed by atoms with van der Waals surface area (Å²) in [5.41, 5.74) is 5.42. The number of hydrogen-bond acceptors (Lipinski definition) is 4. The molecule has 0 aliphatic rings. The van der Waals surface area contributed by atoms with Gasteiger partial charge in [0, 0.05) is 11.1 Å². The van der Waals surface area contributed by atoms with Gasteiger partial charge < -0.3 is 5.32 Å². The van der Waals surface area contributed by atoms with Gasteiger partial charge in [0.2, 0.25) is 0 Å². The predicted molar refractivity (Wildman–Crippen MR) is 103 cm³/mol. The van der Waals surface area contributed by atoms with Crippen molar-refractivity contribution < 1.29 is 4.79 Å². The third-order valence-corrected chi connectivity index (χ3v) is 5.72. The van der Waals surface area contributed by atoms with Crippen LogP contribution < -0.4 is 5.32 Å². The number of rotatable bonds is 3. The molecule has 4 nitrogen and oxygen atoms in total. The number of hydrogen-bond donors (Lipinski definition) is 1. The van der Waals surface area contributed by atoms with Crippen LogP contribution in [-0.4, -0.2) is 15.9 Å². The Hall–Kier alpha value is -2.27. The normalized spacial score (nSPS) is 12.4. The third kappa shape index (κ3) is 3.29. The maximum atomic E-state index is 12.9. The minimum Gasteiger partial charge on any atom is -0.345 e. The molecule has 0 aliphatic heterocycles. The number of nitrogens with zero attached hydrogens (tertiary/aromatic N) is 2. The van der Waals surface area contributed by atoms with E-state index in [9.17, 15) is 4.79 Å². The summed E-state index contributed by atoms with van der Waals surface area (Å²) in [6.07, 6.45) is 0. The number of fused-ring (bicyclic) bond motifs is 1. The lowest BCUT2D eigenvalue weighted by Crippen LogP contribution is -2.27. The Bertz CT molecular complexity index is 975. The van der Waals surface area contributed by atoms with Crippen molar-refractivity contribution in [3.8, 4) is 0 Å². The van der Waals surface area contributed by atoms with Gasteiger partial charge in [-0.05, 0) is 58.2 Å². The average molecular weight is 353 g/mol. The second kappa shape index (κ2) is 6.56. The Balaban J connectivity index is 1.93. The molecule has 1 aromatic carbocycles. The molecule has 0 aliphatic carbocycles. The molecule has 1 atom stereocenters. The summed E-state index contributed by atoms with van der Waals surface area (Å²) >= 11 is 1.44. The number of benzene rings is 1. The number of thiophene rings is 1. The molecule has 0 saturated carbocycles. The van der Waals surface area contributed by atoms with Crippen molar-refractivity contribution in [3.63, 3.8) is 0 Å². The van der Waals surface area contributed by atoms with Gasteiger partial charge in [0.25, 0.3) is 5.91 Å². The Morgan fingerprint density at radius 1 is 1.12 bits per heavy atom. The second-order valence-corrected chi connectivity index (χ2v) is 7.65. The second-order valence-electron chi connectivity index (χ2n) is 6.65. The van der Waals surface area contributed by atoms with Crippen LogP contribution in [0.1, 0.15) is 56.4 Å². The molecule has 2 aromatic heterocycles. The van der Waals surface area contributed by atoms with Crippen molar-refractivity contribution in [2.45, 2.75) is 47.6 Å². The van der Waals surface area contributed by atoms with Crippen molar-refractivity contribution in [2.75, 3.05) is 0 Å². The number of carbonyl (C=O) groups is 1. The number of carbonyl (C=O) groups excluding carboxylic acids is 1. The van der Waals surface area contributed by atoms with Crippen LogP contribution in [0, 0.1) is 34.6 Å². The van der Waals surface area contributed by atoms with Gasteiger partial charge in [-0.2, -0.15) is 0 Å². The standard InChI is InChI=1S/C20H23N3OS/c1-10-7-8-11(2)16(9-10)13(4)22-19(24)18-12(3)17-14(5)21-15(6)23-20(17)25-18/h7-9,13H,1-6H3,(H,22,24). The topological polar surface area (TPSA) is 54.9 Å². The van der Waals surface area contributed by atoms with E-state index < -0.39 is 0 Å². The van der Waals surface area contributed by atoms with Crippen molar-refractivity contribution in [1.29, 1.82) is 0 Å². The number of aryl methyl sites for hydroxylation is 5. The smallest absolute Gasteiger partial charge is 0.262 e. The minimum absolute atomic E-state index is 0.0500. The lowest BCUT2D eigenvalue weighted by molar-refractivity contribution is 0.0943. The van der Waals surface area contributed by atoms with Crippen LogP contribution in [0.5, 0.6) is 0 Å². The van der Waals surface area contributed by atoms with Gasteiger partial charge in [-0.3, -0.25) is 4.79 Å². The predicted octanol–water partition coefficient (Wildman–Crippen LogP) is 4.72. The molecule has 0 bridgehead atoms. The van der Waals surface area contributed by atoms with E-state index >= 15 is 0 Å². The minimum atomic E-state index is -0.0501. The van der Waals surface area contributed by atoms with Crippen LogP contribution in [-0.2, 0) is 0 Å². The zero-order valence-electron chi connectivity index (χ0n) is 15.5. The lowest BCUT2D eigenvalue weighted by Gasteiger charge is -2.17. The summed E-state index contributed by atoms with van der Waals surface area (Å²) in [5.74, 6) is 0.688. The van der Waals surface area contributed by atoms with E-state index in [0.29, 0.717) is 0 Å². The molecule has 2 heterocycles. The Morgan fingerprint density at radius 3 is 2.56 bits per heavy atom. The first kappa shape index (κ1) is 17.5. The molecular formula is C20H23N3OS. The quantitative estimate of drug-likeness (QED) is 0.741. The van der Waals surface area contributed by atoms with Crippen LogP contribution in [0.4, 0.5) is 0 Å². The molecule has 130 valence electrons. The summed E-state index contributed by atoms with van der Waals surface area (Å²) in [7, 11) is 0. The molecule has 0 radical (unpaired) electrons. The summed E-state index contributed by atoms with van der Waals surface area (Å²) in [5, 5.41) is 4.14. The molecule has 1 N–H and O–H groups in total. The highest BCUT2D eigenvalue weighted by atomic mass is 32.1. The van der Waals surface area contributed by atoms with E-state index in [1.54, 1.807) is 0 Å². The van der Waals surface area contributed by atoms with Crippen molar-refractivity contribution in [3.05, 3.63) is 56.8 Å². The zero-order valence-corrected chi connectivity index (χ0v) is 16.3. The van der Waals surface area contributed by atoms with Gasteiger partial charge >= 0.3 is 0 Å². The highest BCUT2D eigenvalue weighted by molar-refractivity contribution is 7.20. The van der Waals surface area contributed by atoms with Gasteiger partial charge in [0.05, 0.1) is 10.9 Å². The number of aromatic nitrogens is 2. The third-order valence-electron chi connectivity index (χ3n) is 4.54. The Kier molecular flexibility index (Phi) is 4.60. The highest BCUT2D eigenvalue weighted by Crippen LogP contribution is 2.31. The van der Waals surface area contributed by atoms with E-state index in [0.717, 1.165) is 37.7 Å². The first-order chi connectivity index (χ1) is 11.8. The van der Waals surface area contributed by atoms with Crippen LogP contribution in [0.3, 0.4) is 0 Å². The molecule has 0 spiro atoms. The monoisotopic (exact) mass is 353 g/mol. The summed E-state index contributed by atoms with van der Waals surface area (Å²) in [6, 6.07) is 6.27. The van der Waals surface area contributed by atoms with Gasteiger partial charge in [-0.1, -0.05) is 23.8 Å². The fourth-order valence-corrected chi connectivity index (χ4v) is 4.44. The zero-order chi connectivity index (χ0) is 18.3. The maximum Gasteiger partial charge on any atom is 0.262 e. The van der Waals surface area contributed by atoms with Crippen LogP contribution >= 0.6 is 11.3 Å². The van der Waals surface area contributed by atoms with E-state index in [1.807, 2.05) is 27.7 Å². The summed E-state index contributed by atoms with van der Waals surface area (Å²) in [6.45, 7) is 12.0. The Morgan fingerprint density at radius 2 is 1.84 bits per heavy atom. The van der Waals surface area contributed by atoms with Crippen LogP contribution in [0.2, 0.25) is 0 Å². The molecule has 3 aromatic rings. The van der Waals surface area contributed by atoms with Gasteiger partial charge in [0.15, 0.2) is 0 Å². The van der Waals surface area contributed by atoms with Gasteiger partial charge in [-0.15, -0.1) is 11.3 Å². The molecule has 5 heteroatoms. The van der Waals surface area contributed by atoms with Crippen LogP contribution in [0.15, 0.2) is 18.2 Å². The highest BCUT2D eigenvalue weighted by Gasteiger charge is 2.20.